The molecule has 2 rings (SSSR count). The molecule has 0 bridgehead atoms. The van der Waals surface area contributed by atoms with Crippen molar-refractivity contribution in [2.75, 3.05) is 0 Å². The summed E-state index contributed by atoms with van der Waals surface area (Å²) < 4.78 is 1.99. The maximum atomic E-state index is 11.8. The van der Waals surface area contributed by atoms with E-state index < -0.39 is 0 Å². The SMILES string of the molecule is Cn1cc(CNC(=O)c2c[nH]c(=O)c(Br)c2)cn1. The molecular weight excluding hydrogens is 300 g/mol. The van der Waals surface area contributed by atoms with Crippen LogP contribution in [0, 0.1) is 0 Å². The molecule has 7 heteroatoms. The maximum absolute atomic E-state index is 11.8. The van der Waals surface area contributed by atoms with Crippen molar-refractivity contribution < 1.29 is 4.79 Å². The van der Waals surface area contributed by atoms with E-state index in [1.54, 1.807) is 10.9 Å². The van der Waals surface area contributed by atoms with Crippen LogP contribution >= 0.6 is 15.9 Å². The molecule has 0 aromatic carbocycles. The monoisotopic (exact) mass is 310 g/mol. The molecule has 0 unspecified atom stereocenters. The van der Waals surface area contributed by atoms with Gasteiger partial charge in [-0.25, -0.2) is 0 Å². The Morgan fingerprint density at radius 2 is 2.39 bits per heavy atom. The Balaban J connectivity index is 2.03. The van der Waals surface area contributed by atoms with Crippen LogP contribution in [0.4, 0.5) is 0 Å². The Hall–Kier alpha value is -1.89. The Morgan fingerprint density at radius 1 is 1.61 bits per heavy atom. The number of rotatable bonds is 3. The van der Waals surface area contributed by atoms with Crippen LogP contribution in [-0.4, -0.2) is 20.7 Å². The number of carbonyl (C=O) groups excluding carboxylic acids is 1. The molecule has 94 valence electrons. The molecule has 0 saturated heterocycles. The highest BCUT2D eigenvalue weighted by Crippen LogP contribution is 2.05. The van der Waals surface area contributed by atoms with Gasteiger partial charge in [0.25, 0.3) is 11.5 Å². The molecule has 6 nitrogen and oxygen atoms in total. The lowest BCUT2D eigenvalue weighted by Crippen LogP contribution is -2.23. The molecule has 0 radical (unpaired) electrons. The summed E-state index contributed by atoms with van der Waals surface area (Å²) in [6.45, 7) is 0.392. The van der Waals surface area contributed by atoms with E-state index in [0.717, 1.165) is 5.56 Å². The maximum Gasteiger partial charge on any atom is 0.262 e. The van der Waals surface area contributed by atoms with E-state index in [1.807, 2.05) is 13.2 Å². The van der Waals surface area contributed by atoms with Crippen LogP contribution in [0.2, 0.25) is 0 Å². The van der Waals surface area contributed by atoms with Crippen LogP contribution in [0.15, 0.2) is 33.9 Å². The molecule has 2 heterocycles. The number of hydrogen-bond acceptors (Lipinski definition) is 3. The zero-order valence-corrected chi connectivity index (χ0v) is 11.2. The molecule has 0 aliphatic carbocycles. The number of nitrogens with zero attached hydrogens (tertiary/aromatic N) is 2. The van der Waals surface area contributed by atoms with E-state index in [9.17, 15) is 9.59 Å². The lowest BCUT2D eigenvalue weighted by molar-refractivity contribution is 0.0950. The molecule has 0 aliphatic heterocycles. The standard InChI is InChI=1S/C11H11BrN4O2/c1-16-6-7(4-15-16)3-13-10(17)8-2-9(12)11(18)14-5-8/h2,4-6H,3H2,1H3,(H,13,17)(H,14,18). The van der Waals surface area contributed by atoms with Crippen molar-refractivity contribution in [2.45, 2.75) is 6.54 Å². The third-order valence-corrected chi connectivity index (χ3v) is 2.92. The number of aromatic nitrogens is 3. The number of carbonyl (C=O) groups is 1. The van der Waals surface area contributed by atoms with E-state index in [0.29, 0.717) is 16.6 Å². The average molecular weight is 311 g/mol. The number of nitrogens with one attached hydrogen (secondary N) is 2. The van der Waals surface area contributed by atoms with Gasteiger partial charge in [-0.3, -0.25) is 14.3 Å². The Morgan fingerprint density at radius 3 is 3.00 bits per heavy atom. The second-order valence-electron chi connectivity index (χ2n) is 3.77. The largest absolute Gasteiger partial charge is 0.348 e. The van der Waals surface area contributed by atoms with Crippen LogP contribution in [0.25, 0.3) is 0 Å². The first kappa shape index (κ1) is 12.6. The quantitative estimate of drug-likeness (QED) is 0.880. The van der Waals surface area contributed by atoms with Crippen LogP contribution in [0.1, 0.15) is 15.9 Å². The number of H-pyrrole nitrogens is 1. The van der Waals surface area contributed by atoms with Crippen LogP contribution in [0.5, 0.6) is 0 Å². The summed E-state index contributed by atoms with van der Waals surface area (Å²) in [4.78, 5) is 25.4. The van der Waals surface area contributed by atoms with E-state index >= 15 is 0 Å². The fourth-order valence-electron chi connectivity index (χ4n) is 1.43. The topological polar surface area (TPSA) is 79.8 Å². The van der Waals surface area contributed by atoms with Gasteiger partial charge in [-0.2, -0.15) is 5.10 Å². The minimum absolute atomic E-state index is 0.254. The smallest absolute Gasteiger partial charge is 0.262 e. The molecule has 2 N–H and O–H groups in total. The third kappa shape index (κ3) is 2.86. The molecule has 0 atom stereocenters. The normalized spacial score (nSPS) is 10.3. The summed E-state index contributed by atoms with van der Waals surface area (Å²) in [7, 11) is 1.81. The fourth-order valence-corrected chi connectivity index (χ4v) is 1.80. The van der Waals surface area contributed by atoms with Crippen LogP contribution in [-0.2, 0) is 13.6 Å². The van der Waals surface area contributed by atoms with Gasteiger partial charge in [0.1, 0.15) is 0 Å². The van der Waals surface area contributed by atoms with Crippen molar-refractivity contribution in [2.24, 2.45) is 7.05 Å². The number of aryl methyl sites for hydroxylation is 1. The zero-order valence-electron chi connectivity index (χ0n) is 9.61. The third-order valence-electron chi connectivity index (χ3n) is 2.33. The van der Waals surface area contributed by atoms with Crippen molar-refractivity contribution in [3.8, 4) is 0 Å². The number of aromatic amines is 1. The first-order valence-corrected chi connectivity index (χ1v) is 5.99. The predicted molar refractivity (Wildman–Crippen MR) is 69.1 cm³/mol. The first-order valence-electron chi connectivity index (χ1n) is 5.20. The molecule has 1 amide bonds. The number of pyridine rings is 1. The fraction of sp³-hybridized carbons (Fsp3) is 0.182. The molecule has 0 aliphatic rings. The van der Waals surface area contributed by atoms with Gasteiger partial charge in [-0.05, 0) is 22.0 Å². The minimum atomic E-state index is -0.265. The molecule has 2 aromatic rings. The zero-order chi connectivity index (χ0) is 13.1. The Kier molecular flexibility index (Phi) is 3.61. The highest BCUT2D eigenvalue weighted by molar-refractivity contribution is 9.10. The summed E-state index contributed by atoms with van der Waals surface area (Å²) in [6, 6.07) is 1.48. The summed E-state index contributed by atoms with van der Waals surface area (Å²) in [5.74, 6) is -0.254. The lowest BCUT2D eigenvalue weighted by Gasteiger charge is -2.03. The molecular formula is C11H11BrN4O2. The van der Waals surface area contributed by atoms with Crippen LogP contribution in [0.3, 0.4) is 0 Å². The van der Waals surface area contributed by atoms with Gasteiger partial charge in [-0.15, -0.1) is 0 Å². The number of amides is 1. The van der Waals surface area contributed by atoms with Crippen LogP contribution < -0.4 is 10.9 Å². The Bertz CT molecular complexity index is 632. The van der Waals surface area contributed by atoms with Crippen molar-refractivity contribution in [1.82, 2.24) is 20.1 Å². The van der Waals surface area contributed by atoms with Crippen molar-refractivity contribution in [3.05, 3.63) is 50.6 Å². The summed E-state index contributed by atoms with van der Waals surface area (Å²) in [5, 5.41) is 6.74. The van der Waals surface area contributed by atoms with E-state index in [4.69, 9.17) is 0 Å². The van der Waals surface area contributed by atoms with Gasteiger partial charge in [0.2, 0.25) is 0 Å². The van der Waals surface area contributed by atoms with Crippen molar-refractivity contribution in [1.29, 1.82) is 0 Å². The van der Waals surface area contributed by atoms with Crippen molar-refractivity contribution in [3.63, 3.8) is 0 Å². The second-order valence-corrected chi connectivity index (χ2v) is 4.62. The van der Waals surface area contributed by atoms with E-state index in [2.05, 4.69) is 31.3 Å². The molecule has 0 spiro atoms. The van der Waals surface area contributed by atoms with Gasteiger partial charge < -0.3 is 10.3 Å². The summed E-state index contributed by atoms with van der Waals surface area (Å²) in [6.07, 6.45) is 4.89. The number of hydrogen-bond donors (Lipinski definition) is 2. The molecule has 2 aromatic heterocycles. The Labute approximate surface area is 111 Å². The summed E-state index contributed by atoms with van der Waals surface area (Å²) >= 11 is 3.08. The minimum Gasteiger partial charge on any atom is -0.348 e. The van der Waals surface area contributed by atoms with Gasteiger partial charge >= 0.3 is 0 Å². The van der Waals surface area contributed by atoms with Crippen molar-refractivity contribution >= 4 is 21.8 Å². The molecule has 0 fully saturated rings. The highest BCUT2D eigenvalue weighted by atomic mass is 79.9. The highest BCUT2D eigenvalue weighted by Gasteiger charge is 2.07. The second kappa shape index (κ2) is 5.18. The van der Waals surface area contributed by atoms with Gasteiger partial charge in [0, 0.05) is 31.5 Å². The van der Waals surface area contributed by atoms with Gasteiger partial charge in [0.05, 0.1) is 16.2 Å². The average Bonchev–Trinajstić information content (AvgIpc) is 2.75. The lowest BCUT2D eigenvalue weighted by atomic mass is 10.2. The predicted octanol–water partition coefficient (Wildman–Crippen LogP) is 0.801. The molecule has 18 heavy (non-hydrogen) atoms. The molecule has 0 saturated carbocycles. The summed E-state index contributed by atoms with van der Waals surface area (Å²) in [5.41, 5.74) is 1.04. The number of halogens is 1. The van der Waals surface area contributed by atoms with E-state index in [-0.39, 0.29) is 11.5 Å². The van der Waals surface area contributed by atoms with Gasteiger partial charge in [0.15, 0.2) is 0 Å². The first-order chi connectivity index (χ1) is 8.56. The van der Waals surface area contributed by atoms with E-state index in [1.165, 1.54) is 12.3 Å². The van der Waals surface area contributed by atoms with Gasteiger partial charge in [-0.1, -0.05) is 0 Å².